The first-order chi connectivity index (χ1) is 19.7. The maximum Gasteiger partial charge on any atom is 0.272 e. The van der Waals surface area contributed by atoms with Gasteiger partial charge < -0.3 is 16.0 Å². The third kappa shape index (κ3) is 8.50. The molecule has 0 aromatic heterocycles. The largest absolute Gasteiger partial charge is 0.323 e. The molecule has 0 spiro atoms. The number of rotatable bonds is 9. The summed E-state index contributed by atoms with van der Waals surface area (Å²) in [4.78, 5) is 39.1. The van der Waals surface area contributed by atoms with Crippen LogP contribution in [-0.4, -0.2) is 23.5 Å². The average molecular weight is 657 g/mol. The Kier molecular flexibility index (Phi) is 10.3. The number of hydrogen-bond donors (Lipinski definition) is 3. The minimum atomic E-state index is -0.723. The zero-order valence-corrected chi connectivity index (χ0v) is 24.2. The number of anilines is 2. The van der Waals surface area contributed by atoms with Gasteiger partial charge in [0.25, 0.3) is 11.8 Å². The van der Waals surface area contributed by atoms with Gasteiger partial charge in [-0.2, -0.15) is 0 Å². The van der Waals surface area contributed by atoms with E-state index in [4.69, 9.17) is 11.6 Å². The Hall–Kier alpha value is -3.99. The van der Waals surface area contributed by atoms with Gasteiger partial charge in [-0.15, -0.1) is 11.8 Å². The normalized spacial score (nSPS) is 11.1. The summed E-state index contributed by atoms with van der Waals surface area (Å²) in [6.07, 6.45) is 1.16. The second-order valence-corrected chi connectivity index (χ2v) is 10.8. The highest BCUT2D eigenvalue weighted by Gasteiger charge is 2.17. The molecule has 0 aliphatic heterocycles. The van der Waals surface area contributed by atoms with Crippen LogP contribution in [0.3, 0.4) is 0 Å². The van der Waals surface area contributed by atoms with E-state index in [1.807, 2.05) is 0 Å². The van der Waals surface area contributed by atoms with Crippen molar-refractivity contribution in [2.75, 3.05) is 16.4 Å². The van der Waals surface area contributed by atoms with Crippen molar-refractivity contribution in [2.45, 2.75) is 4.90 Å². The lowest BCUT2D eigenvalue weighted by molar-refractivity contribution is -0.114. The molecule has 3 N–H and O–H groups in total. The number of halogens is 4. The zero-order chi connectivity index (χ0) is 29.4. The van der Waals surface area contributed by atoms with E-state index >= 15 is 0 Å². The van der Waals surface area contributed by atoms with Crippen molar-refractivity contribution < 1.29 is 23.2 Å². The highest BCUT2D eigenvalue weighted by Crippen LogP contribution is 2.25. The van der Waals surface area contributed by atoms with E-state index in [9.17, 15) is 23.2 Å². The third-order valence-electron chi connectivity index (χ3n) is 5.48. The van der Waals surface area contributed by atoms with E-state index in [-0.39, 0.29) is 27.7 Å². The Morgan fingerprint density at radius 2 is 1.61 bits per heavy atom. The fraction of sp³-hybridized carbons (Fsp3) is 0.0333. The fourth-order valence-electron chi connectivity index (χ4n) is 3.52. The predicted molar refractivity (Wildman–Crippen MR) is 162 cm³/mol. The highest BCUT2D eigenvalue weighted by atomic mass is 79.9. The molecule has 0 aliphatic rings. The van der Waals surface area contributed by atoms with Gasteiger partial charge >= 0.3 is 0 Å². The Bertz CT molecular complexity index is 1620. The molecule has 41 heavy (non-hydrogen) atoms. The van der Waals surface area contributed by atoms with Crippen LogP contribution >= 0.6 is 39.3 Å². The van der Waals surface area contributed by atoms with Crippen LogP contribution in [0.25, 0.3) is 6.08 Å². The van der Waals surface area contributed by atoms with Crippen LogP contribution in [0.15, 0.2) is 106 Å². The number of amides is 3. The number of thioether (sulfide) groups is 1. The Labute approximate surface area is 252 Å². The average Bonchev–Trinajstić information content (AvgIpc) is 2.95. The van der Waals surface area contributed by atoms with Crippen LogP contribution < -0.4 is 16.0 Å². The Morgan fingerprint density at radius 1 is 0.854 bits per heavy atom. The second-order valence-electron chi connectivity index (χ2n) is 8.46. The van der Waals surface area contributed by atoms with Crippen LogP contribution in [-0.2, 0) is 9.59 Å². The summed E-state index contributed by atoms with van der Waals surface area (Å²) >= 11 is 10.5. The molecule has 208 valence electrons. The molecule has 4 aromatic rings. The Morgan fingerprint density at radius 3 is 2.34 bits per heavy atom. The summed E-state index contributed by atoms with van der Waals surface area (Å²) in [5, 5.41) is 7.80. The molecule has 0 heterocycles. The molecule has 0 atom stereocenters. The predicted octanol–water partition coefficient (Wildman–Crippen LogP) is 7.52. The van der Waals surface area contributed by atoms with E-state index in [2.05, 4.69) is 31.9 Å². The minimum Gasteiger partial charge on any atom is -0.323 e. The molecular weight excluding hydrogens is 636 g/mol. The van der Waals surface area contributed by atoms with Gasteiger partial charge in [0.1, 0.15) is 17.3 Å². The minimum absolute atomic E-state index is 0.0169. The van der Waals surface area contributed by atoms with E-state index in [0.717, 1.165) is 6.08 Å². The second kappa shape index (κ2) is 14.1. The molecule has 4 rings (SSSR count). The smallest absolute Gasteiger partial charge is 0.272 e. The summed E-state index contributed by atoms with van der Waals surface area (Å²) < 4.78 is 29.1. The summed E-state index contributed by atoms with van der Waals surface area (Å²) in [6.45, 7) is 0. The van der Waals surface area contributed by atoms with Crippen LogP contribution in [0.5, 0.6) is 0 Å². The molecule has 0 unspecified atom stereocenters. The fourth-order valence-corrected chi connectivity index (χ4v) is 4.83. The highest BCUT2D eigenvalue weighted by molar-refractivity contribution is 9.10. The Balaban J connectivity index is 1.48. The van der Waals surface area contributed by atoms with Crippen LogP contribution in [0.4, 0.5) is 20.2 Å². The van der Waals surface area contributed by atoms with Gasteiger partial charge in [-0.3, -0.25) is 14.4 Å². The standard InChI is InChI=1S/C30H21BrClF2N3O3S/c31-19-12-13-26(25(34)14-19)36-28(38)17-41-21-9-4-8-20(15-21)35-30(40)27(16-22-23(32)10-5-11-24(22)33)37-29(39)18-6-2-1-3-7-18/h1-16H,17H2,(H,35,40)(H,36,38)(H,37,39)/b27-16+. The van der Waals surface area contributed by atoms with Gasteiger partial charge in [-0.1, -0.05) is 57.9 Å². The molecule has 0 radical (unpaired) electrons. The summed E-state index contributed by atoms with van der Waals surface area (Å²) in [7, 11) is 0. The lowest BCUT2D eigenvalue weighted by Crippen LogP contribution is -2.30. The molecule has 0 fully saturated rings. The van der Waals surface area contributed by atoms with E-state index < -0.39 is 29.4 Å². The third-order valence-corrected chi connectivity index (χ3v) is 7.30. The maximum atomic E-state index is 14.5. The topological polar surface area (TPSA) is 87.3 Å². The van der Waals surface area contributed by atoms with Crippen molar-refractivity contribution in [2.24, 2.45) is 0 Å². The lowest BCUT2D eigenvalue weighted by Gasteiger charge is -2.13. The van der Waals surface area contributed by atoms with Crippen molar-refractivity contribution in [3.8, 4) is 0 Å². The number of benzene rings is 4. The van der Waals surface area contributed by atoms with E-state index in [0.29, 0.717) is 20.6 Å². The molecule has 11 heteroatoms. The first-order valence-corrected chi connectivity index (χ1v) is 14.2. The van der Waals surface area contributed by atoms with E-state index in [1.54, 1.807) is 60.7 Å². The molecule has 0 saturated heterocycles. The van der Waals surface area contributed by atoms with Gasteiger partial charge in [0, 0.05) is 26.2 Å². The van der Waals surface area contributed by atoms with Gasteiger partial charge in [-0.25, -0.2) is 8.78 Å². The number of nitrogens with one attached hydrogen (secondary N) is 3. The number of carbonyl (C=O) groups is 3. The molecule has 6 nitrogen and oxygen atoms in total. The van der Waals surface area contributed by atoms with Crippen molar-refractivity contribution in [3.05, 3.63) is 129 Å². The van der Waals surface area contributed by atoms with Crippen LogP contribution in [0.1, 0.15) is 15.9 Å². The van der Waals surface area contributed by atoms with Crippen molar-refractivity contribution >= 4 is 74.5 Å². The molecule has 3 amide bonds. The first kappa shape index (κ1) is 30.0. The van der Waals surface area contributed by atoms with Gasteiger partial charge in [0.15, 0.2) is 0 Å². The monoisotopic (exact) mass is 655 g/mol. The summed E-state index contributed by atoms with van der Waals surface area (Å²) in [5.74, 6) is -2.96. The summed E-state index contributed by atoms with van der Waals surface area (Å²) in [6, 6.07) is 23.3. The van der Waals surface area contributed by atoms with Crippen LogP contribution in [0, 0.1) is 11.6 Å². The van der Waals surface area contributed by atoms with E-state index in [1.165, 1.54) is 42.1 Å². The van der Waals surface area contributed by atoms with Crippen molar-refractivity contribution in [1.82, 2.24) is 5.32 Å². The first-order valence-electron chi connectivity index (χ1n) is 12.0. The molecular formula is C30H21BrClF2N3O3S. The van der Waals surface area contributed by atoms with Gasteiger partial charge in [0.05, 0.1) is 16.5 Å². The van der Waals surface area contributed by atoms with Crippen molar-refractivity contribution in [3.63, 3.8) is 0 Å². The van der Waals surface area contributed by atoms with Gasteiger partial charge in [0.2, 0.25) is 5.91 Å². The quantitative estimate of drug-likeness (QED) is 0.129. The number of carbonyl (C=O) groups excluding carboxylic acids is 3. The van der Waals surface area contributed by atoms with Gasteiger partial charge in [-0.05, 0) is 66.7 Å². The molecule has 0 bridgehead atoms. The molecule has 0 saturated carbocycles. The molecule has 4 aromatic carbocycles. The number of hydrogen-bond acceptors (Lipinski definition) is 4. The summed E-state index contributed by atoms with van der Waals surface area (Å²) in [5.41, 5.74) is 0.418. The maximum absolute atomic E-state index is 14.5. The van der Waals surface area contributed by atoms with Crippen LogP contribution in [0.2, 0.25) is 5.02 Å². The van der Waals surface area contributed by atoms with Crippen molar-refractivity contribution in [1.29, 1.82) is 0 Å². The zero-order valence-electron chi connectivity index (χ0n) is 21.1. The lowest BCUT2D eigenvalue weighted by atomic mass is 10.1. The molecule has 0 aliphatic carbocycles. The SMILES string of the molecule is O=C(CSc1cccc(NC(=O)/C(=C\c2c(F)cccc2Cl)NC(=O)c2ccccc2)c1)Nc1ccc(Br)cc1F.